The highest BCUT2D eigenvalue weighted by atomic mass is 32.2. The van der Waals surface area contributed by atoms with Gasteiger partial charge in [0.25, 0.3) is 5.91 Å². The first-order chi connectivity index (χ1) is 15.6. The molecule has 9 heteroatoms. The number of benzene rings is 3. The summed E-state index contributed by atoms with van der Waals surface area (Å²) in [6, 6.07) is 16.0. The molecule has 3 rings (SSSR count). The van der Waals surface area contributed by atoms with E-state index in [-0.39, 0.29) is 28.6 Å². The monoisotopic (exact) mass is 471 g/mol. The third-order valence-electron chi connectivity index (χ3n) is 4.65. The summed E-state index contributed by atoms with van der Waals surface area (Å²) in [5.41, 5.74) is 2.15. The standard InChI is InChI=1S/C24H22FNO6S/c1-16-3-4-17(2)22(13-16)33(29,30)32-21-11-7-19(8-12-21)24(28)31-15-23(27)26-14-18-5-9-20(25)10-6-18/h3-13H,14-15H2,1-2H3,(H,26,27). The van der Waals surface area contributed by atoms with Crippen LogP contribution in [0.4, 0.5) is 4.39 Å². The van der Waals surface area contributed by atoms with Crippen molar-refractivity contribution in [3.63, 3.8) is 0 Å². The maximum atomic E-state index is 12.9. The Kier molecular flexibility index (Phi) is 7.44. The van der Waals surface area contributed by atoms with Crippen LogP contribution in [0.15, 0.2) is 71.6 Å². The molecule has 0 heterocycles. The van der Waals surface area contributed by atoms with Crippen LogP contribution in [-0.4, -0.2) is 26.9 Å². The van der Waals surface area contributed by atoms with Gasteiger partial charge in [-0.15, -0.1) is 0 Å². The molecule has 0 saturated carbocycles. The summed E-state index contributed by atoms with van der Waals surface area (Å²) >= 11 is 0. The fraction of sp³-hybridized carbons (Fsp3) is 0.167. The molecule has 33 heavy (non-hydrogen) atoms. The van der Waals surface area contributed by atoms with Crippen molar-refractivity contribution in [1.29, 1.82) is 0 Å². The number of halogens is 1. The molecule has 0 radical (unpaired) electrons. The first kappa shape index (κ1) is 23.9. The second-order valence-electron chi connectivity index (χ2n) is 7.31. The second kappa shape index (κ2) is 10.3. The molecule has 0 saturated heterocycles. The molecule has 0 aromatic heterocycles. The summed E-state index contributed by atoms with van der Waals surface area (Å²) in [6.45, 7) is 3.11. The lowest BCUT2D eigenvalue weighted by molar-refractivity contribution is -0.124. The molecule has 3 aromatic rings. The molecule has 1 amide bonds. The van der Waals surface area contributed by atoms with Crippen LogP contribution < -0.4 is 9.50 Å². The third-order valence-corrected chi connectivity index (χ3v) is 6.04. The van der Waals surface area contributed by atoms with Gasteiger partial charge in [0.15, 0.2) is 6.61 Å². The molecule has 0 atom stereocenters. The molecule has 0 bridgehead atoms. The van der Waals surface area contributed by atoms with E-state index in [9.17, 15) is 22.4 Å². The Morgan fingerprint density at radius 2 is 1.61 bits per heavy atom. The average Bonchev–Trinajstić information content (AvgIpc) is 2.79. The van der Waals surface area contributed by atoms with Gasteiger partial charge in [0, 0.05) is 6.54 Å². The number of nitrogens with one attached hydrogen (secondary N) is 1. The zero-order valence-electron chi connectivity index (χ0n) is 18.0. The fourth-order valence-electron chi connectivity index (χ4n) is 2.86. The highest BCUT2D eigenvalue weighted by Crippen LogP contribution is 2.23. The maximum Gasteiger partial charge on any atom is 0.339 e. The van der Waals surface area contributed by atoms with Crippen LogP contribution in [0.1, 0.15) is 27.0 Å². The summed E-state index contributed by atoms with van der Waals surface area (Å²) in [6.07, 6.45) is 0. The average molecular weight is 472 g/mol. The first-order valence-corrected chi connectivity index (χ1v) is 11.3. The van der Waals surface area contributed by atoms with E-state index >= 15 is 0 Å². The van der Waals surface area contributed by atoms with E-state index in [4.69, 9.17) is 8.92 Å². The molecule has 0 aliphatic carbocycles. The summed E-state index contributed by atoms with van der Waals surface area (Å²) < 4.78 is 48.2. The lowest BCUT2D eigenvalue weighted by atomic mass is 10.2. The molecular weight excluding hydrogens is 449 g/mol. The zero-order valence-corrected chi connectivity index (χ0v) is 18.8. The fourth-order valence-corrected chi connectivity index (χ4v) is 4.11. The number of hydrogen-bond donors (Lipinski definition) is 1. The van der Waals surface area contributed by atoms with Gasteiger partial charge in [0.2, 0.25) is 0 Å². The predicted molar refractivity (Wildman–Crippen MR) is 119 cm³/mol. The number of aryl methyl sites for hydroxylation is 2. The Morgan fingerprint density at radius 1 is 0.939 bits per heavy atom. The van der Waals surface area contributed by atoms with Crippen molar-refractivity contribution in [2.24, 2.45) is 0 Å². The largest absolute Gasteiger partial charge is 0.452 e. The van der Waals surface area contributed by atoms with E-state index in [1.807, 2.05) is 0 Å². The van der Waals surface area contributed by atoms with Crippen LogP contribution >= 0.6 is 0 Å². The molecule has 0 aliphatic heterocycles. The smallest absolute Gasteiger partial charge is 0.339 e. The van der Waals surface area contributed by atoms with Gasteiger partial charge in [-0.25, -0.2) is 9.18 Å². The van der Waals surface area contributed by atoms with E-state index in [1.54, 1.807) is 26.0 Å². The Balaban J connectivity index is 1.53. The number of carbonyl (C=O) groups is 2. The molecule has 3 aromatic carbocycles. The molecular formula is C24H22FNO6S. The Bertz CT molecular complexity index is 1260. The Labute approximate surface area is 191 Å². The van der Waals surface area contributed by atoms with Gasteiger partial charge in [-0.05, 0) is 73.0 Å². The molecule has 1 N–H and O–H groups in total. The molecule has 172 valence electrons. The number of hydrogen-bond acceptors (Lipinski definition) is 6. The zero-order chi connectivity index (χ0) is 24.0. The van der Waals surface area contributed by atoms with Gasteiger partial charge in [-0.3, -0.25) is 4.79 Å². The van der Waals surface area contributed by atoms with Gasteiger partial charge in [-0.1, -0.05) is 24.3 Å². The second-order valence-corrected chi connectivity index (χ2v) is 8.82. The van der Waals surface area contributed by atoms with E-state index < -0.39 is 28.6 Å². The van der Waals surface area contributed by atoms with Gasteiger partial charge in [-0.2, -0.15) is 8.42 Å². The lowest BCUT2D eigenvalue weighted by Gasteiger charge is -2.11. The third kappa shape index (κ3) is 6.63. The van der Waals surface area contributed by atoms with Crippen LogP contribution in [0.25, 0.3) is 0 Å². The van der Waals surface area contributed by atoms with Crippen LogP contribution in [0.2, 0.25) is 0 Å². The summed E-state index contributed by atoms with van der Waals surface area (Å²) in [7, 11) is -4.04. The van der Waals surface area contributed by atoms with E-state index in [0.29, 0.717) is 11.1 Å². The van der Waals surface area contributed by atoms with Crippen molar-refractivity contribution in [2.75, 3.05) is 6.61 Å². The minimum Gasteiger partial charge on any atom is -0.452 e. The molecule has 7 nitrogen and oxygen atoms in total. The molecule has 0 spiro atoms. The predicted octanol–water partition coefficient (Wildman–Crippen LogP) is 3.68. The minimum atomic E-state index is -4.04. The van der Waals surface area contributed by atoms with Crippen LogP contribution in [0.5, 0.6) is 5.75 Å². The van der Waals surface area contributed by atoms with Crippen molar-refractivity contribution in [3.05, 3.63) is 94.8 Å². The van der Waals surface area contributed by atoms with Crippen molar-refractivity contribution in [3.8, 4) is 5.75 Å². The van der Waals surface area contributed by atoms with E-state index in [0.717, 1.165) is 5.56 Å². The summed E-state index contributed by atoms with van der Waals surface area (Å²) in [4.78, 5) is 24.1. The number of carbonyl (C=O) groups excluding carboxylic acids is 2. The van der Waals surface area contributed by atoms with Crippen LogP contribution in [0, 0.1) is 19.7 Å². The maximum absolute atomic E-state index is 12.9. The number of amides is 1. The number of rotatable bonds is 8. The van der Waals surface area contributed by atoms with Crippen molar-refractivity contribution < 1.29 is 31.3 Å². The van der Waals surface area contributed by atoms with Gasteiger partial charge >= 0.3 is 16.1 Å². The normalized spacial score (nSPS) is 11.0. The summed E-state index contributed by atoms with van der Waals surface area (Å²) in [5.74, 6) is -1.62. The van der Waals surface area contributed by atoms with Crippen molar-refractivity contribution >= 4 is 22.0 Å². The van der Waals surface area contributed by atoms with Crippen molar-refractivity contribution in [1.82, 2.24) is 5.32 Å². The van der Waals surface area contributed by atoms with Gasteiger partial charge < -0.3 is 14.2 Å². The van der Waals surface area contributed by atoms with E-state index in [2.05, 4.69) is 5.32 Å². The van der Waals surface area contributed by atoms with Crippen LogP contribution in [-0.2, 0) is 26.2 Å². The highest BCUT2D eigenvalue weighted by Gasteiger charge is 2.20. The molecule has 0 aliphatic rings. The van der Waals surface area contributed by atoms with Crippen LogP contribution in [0.3, 0.4) is 0 Å². The topological polar surface area (TPSA) is 98.8 Å². The van der Waals surface area contributed by atoms with Gasteiger partial charge in [0.05, 0.1) is 5.56 Å². The number of esters is 1. The SMILES string of the molecule is Cc1ccc(C)c(S(=O)(=O)Oc2ccc(C(=O)OCC(=O)NCc3ccc(F)cc3)cc2)c1. The molecule has 0 unspecified atom stereocenters. The van der Waals surface area contributed by atoms with E-state index in [1.165, 1.54) is 54.6 Å². The highest BCUT2D eigenvalue weighted by molar-refractivity contribution is 7.87. The Hall–Kier alpha value is -3.72. The summed E-state index contributed by atoms with van der Waals surface area (Å²) in [5, 5.41) is 2.56. The van der Waals surface area contributed by atoms with Gasteiger partial charge in [0.1, 0.15) is 16.5 Å². The Morgan fingerprint density at radius 3 is 2.27 bits per heavy atom. The molecule has 0 fully saturated rings. The minimum absolute atomic E-state index is 0.0319. The van der Waals surface area contributed by atoms with Crippen molar-refractivity contribution in [2.45, 2.75) is 25.3 Å². The number of ether oxygens (including phenoxy) is 1. The lowest BCUT2D eigenvalue weighted by Crippen LogP contribution is -2.28. The quantitative estimate of drug-likeness (QED) is 0.398. The first-order valence-electron chi connectivity index (χ1n) is 9.94.